The summed E-state index contributed by atoms with van der Waals surface area (Å²) >= 11 is 0. The molecule has 8 heteroatoms. The van der Waals surface area contributed by atoms with Gasteiger partial charge in [0.05, 0.1) is 25.5 Å². The predicted molar refractivity (Wildman–Crippen MR) is 89.2 cm³/mol. The first-order valence-corrected chi connectivity index (χ1v) is 8.28. The Labute approximate surface area is 144 Å². The summed E-state index contributed by atoms with van der Waals surface area (Å²) in [5.74, 6) is -1.28. The number of aromatic amines is 1. The molecular formula is C17H21FN3O4+. The highest BCUT2D eigenvalue weighted by Crippen LogP contribution is 2.29. The van der Waals surface area contributed by atoms with Crippen LogP contribution < -0.4 is 10.2 Å². The van der Waals surface area contributed by atoms with E-state index in [9.17, 15) is 14.0 Å². The first-order chi connectivity index (χ1) is 12.1. The number of anilines is 1. The zero-order valence-electron chi connectivity index (χ0n) is 14.0. The van der Waals surface area contributed by atoms with E-state index in [1.54, 1.807) is 6.92 Å². The van der Waals surface area contributed by atoms with Gasteiger partial charge in [-0.3, -0.25) is 4.79 Å². The van der Waals surface area contributed by atoms with Crippen LogP contribution in [-0.4, -0.2) is 56.3 Å². The number of esters is 1. The maximum Gasteiger partial charge on any atom is 0.356 e. The van der Waals surface area contributed by atoms with Crippen LogP contribution in [0.4, 0.5) is 10.1 Å². The molecular weight excluding hydrogens is 329 g/mol. The average molecular weight is 350 g/mol. The number of rotatable bonds is 5. The second-order valence-electron chi connectivity index (χ2n) is 5.87. The Morgan fingerprint density at radius 1 is 1.36 bits per heavy atom. The number of ether oxygens (including phenoxy) is 2. The van der Waals surface area contributed by atoms with Crippen LogP contribution in [0.5, 0.6) is 0 Å². The molecule has 25 heavy (non-hydrogen) atoms. The third-order valence-electron chi connectivity index (χ3n) is 4.12. The van der Waals surface area contributed by atoms with E-state index < -0.39 is 11.8 Å². The lowest BCUT2D eigenvalue weighted by molar-refractivity contribution is -0.899. The van der Waals surface area contributed by atoms with Crippen molar-refractivity contribution in [1.29, 1.82) is 0 Å². The van der Waals surface area contributed by atoms with E-state index in [-0.39, 0.29) is 30.4 Å². The summed E-state index contributed by atoms with van der Waals surface area (Å²) < 4.78 is 23.9. The van der Waals surface area contributed by atoms with Crippen LogP contribution in [0.15, 0.2) is 18.2 Å². The Balaban J connectivity index is 1.86. The quantitative estimate of drug-likeness (QED) is 0.679. The Hall–Kier alpha value is -2.45. The Kier molecular flexibility index (Phi) is 5.30. The van der Waals surface area contributed by atoms with Crippen molar-refractivity contribution in [3.05, 3.63) is 29.7 Å². The van der Waals surface area contributed by atoms with Gasteiger partial charge in [-0.1, -0.05) is 0 Å². The molecule has 3 N–H and O–H groups in total. The van der Waals surface area contributed by atoms with Crippen molar-refractivity contribution in [1.82, 2.24) is 4.98 Å². The minimum Gasteiger partial charge on any atom is -0.461 e. The fraction of sp³-hybridized carbons (Fsp3) is 0.412. The average Bonchev–Trinajstić information content (AvgIpc) is 2.94. The van der Waals surface area contributed by atoms with Crippen LogP contribution in [0.1, 0.15) is 17.4 Å². The van der Waals surface area contributed by atoms with E-state index in [1.807, 2.05) is 0 Å². The summed E-state index contributed by atoms with van der Waals surface area (Å²) in [7, 11) is 0. The molecule has 1 aromatic heterocycles. The van der Waals surface area contributed by atoms with Gasteiger partial charge in [-0.25, -0.2) is 9.18 Å². The number of hydrogen-bond donors (Lipinski definition) is 3. The van der Waals surface area contributed by atoms with E-state index in [0.717, 1.165) is 18.0 Å². The van der Waals surface area contributed by atoms with Crippen molar-refractivity contribution in [2.45, 2.75) is 6.92 Å². The van der Waals surface area contributed by atoms with E-state index in [2.05, 4.69) is 10.3 Å². The van der Waals surface area contributed by atoms with Gasteiger partial charge in [-0.15, -0.1) is 0 Å². The second kappa shape index (κ2) is 7.62. The van der Waals surface area contributed by atoms with E-state index >= 15 is 0 Å². The summed E-state index contributed by atoms with van der Waals surface area (Å²) in [6.07, 6.45) is 0. The lowest BCUT2D eigenvalue weighted by Crippen LogP contribution is -3.15. The zero-order chi connectivity index (χ0) is 17.8. The molecule has 1 aromatic carbocycles. The van der Waals surface area contributed by atoms with Crippen molar-refractivity contribution in [2.75, 3.05) is 44.8 Å². The summed E-state index contributed by atoms with van der Waals surface area (Å²) in [6.45, 7) is 4.90. The highest BCUT2D eigenvalue weighted by molar-refractivity contribution is 6.11. The Morgan fingerprint density at radius 3 is 2.84 bits per heavy atom. The molecule has 2 aromatic rings. The molecule has 1 amide bonds. The van der Waals surface area contributed by atoms with Crippen LogP contribution in [-0.2, 0) is 14.3 Å². The van der Waals surface area contributed by atoms with E-state index in [0.29, 0.717) is 24.1 Å². The van der Waals surface area contributed by atoms with Gasteiger partial charge in [0.1, 0.15) is 24.6 Å². The molecule has 7 nitrogen and oxygen atoms in total. The molecule has 0 radical (unpaired) electrons. The SMILES string of the molecule is CCOC(=O)c1[nH]c2ccc(F)cc2c1NC(=O)C[NH+]1CCOCC1. The second-order valence-corrected chi connectivity index (χ2v) is 5.87. The molecule has 1 saturated heterocycles. The molecule has 3 rings (SSSR count). The Bertz CT molecular complexity index is 784. The largest absolute Gasteiger partial charge is 0.461 e. The predicted octanol–water partition coefficient (Wildman–Crippen LogP) is 0.337. The highest BCUT2D eigenvalue weighted by atomic mass is 19.1. The van der Waals surface area contributed by atoms with Crippen LogP contribution in [0, 0.1) is 5.82 Å². The zero-order valence-corrected chi connectivity index (χ0v) is 14.0. The molecule has 1 aliphatic rings. The van der Waals surface area contributed by atoms with Crippen LogP contribution in [0.25, 0.3) is 10.9 Å². The molecule has 1 fully saturated rings. The summed E-state index contributed by atoms with van der Waals surface area (Å²) in [5.41, 5.74) is 0.928. The van der Waals surface area contributed by atoms with Crippen molar-refractivity contribution in [3.8, 4) is 0 Å². The van der Waals surface area contributed by atoms with Gasteiger partial charge in [-0.2, -0.15) is 0 Å². The number of H-pyrrole nitrogens is 1. The molecule has 0 bridgehead atoms. The standard InChI is InChI=1S/C17H20FN3O4/c1-2-25-17(23)16-15(12-9-11(18)3-4-13(12)19-16)20-14(22)10-21-5-7-24-8-6-21/h3-4,9,19H,2,5-8,10H2,1H3,(H,20,22)/p+1. The Morgan fingerprint density at radius 2 is 2.12 bits per heavy atom. The molecule has 134 valence electrons. The van der Waals surface area contributed by atoms with Gasteiger partial charge in [0.15, 0.2) is 6.54 Å². The van der Waals surface area contributed by atoms with Gasteiger partial charge < -0.3 is 24.7 Å². The fourth-order valence-electron chi connectivity index (χ4n) is 2.90. The van der Waals surface area contributed by atoms with Gasteiger partial charge in [0.25, 0.3) is 5.91 Å². The number of morpholine rings is 1. The number of hydrogen-bond acceptors (Lipinski definition) is 4. The van der Waals surface area contributed by atoms with E-state index in [4.69, 9.17) is 9.47 Å². The number of quaternary nitrogens is 1. The van der Waals surface area contributed by atoms with Crippen LogP contribution >= 0.6 is 0 Å². The van der Waals surface area contributed by atoms with Gasteiger partial charge in [0, 0.05) is 10.9 Å². The van der Waals surface area contributed by atoms with Crippen molar-refractivity contribution < 1.29 is 28.4 Å². The summed E-state index contributed by atoms with van der Waals surface area (Å²) in [6, 6.07) is 4.10. The number of carbonyl (C=O) groups is 2. The molecule has 2 heterocycles. The molecule has 0 saturated carbocycles. The number of fused-ring (bicyclic) bond motifs is 1. The smallest absolute Gasteiger partial charge is 0.356 e. The van der Waals surface area contributed by atoms with Gasteiger partial charge in [0.2, 0.25) is 0 Å². The number of carbonyl (C=O) groups excluding carboxylic acids is 2. The highest BCUT2D eigenvalue weighted by Gasteiger charge is 2.23. The minimum absolute atomic E-state index is 0.118. The monoisotopic (exact) mass is 350 g/mol. The lowest BCUT2D eigenvalue weighted by Gasteiger charge is -2.23. The maximum absolute atomic E-state index is 13.6. The van der Waals surface area contributed by atoms with Gasteiger partial charge in [-0.05, 0) is 25.1 Å². The fourth-order valence-corrected chi connectivity index (χ4v) is 2.90. The molecule has 0 aliphatic carbocycles. The first kappa shape index (κ1) is 17.4. The van der Waals surface area contributed by atoms with Crippen molar-refractivity contribution in [3.63, 3.8) is 0 Å². The third kappa shape index (κ3) is 3.97. The van der Waals surface area contributed by atoms with Gasteiger partial charge >= 0.3 is 5.97 Å². The normalized spacial score (nSPS) is 15.3. The number of halogens is 1. The number of amides is 1. The topological polar surface area (TPSA) is 84.9 Å². The van der Waals surface area contributed by atoms with Crippen molar-refractivity contribution in [2.24, 2.45) is 0 Å². The number of aromatic nitrogens is 1. The molecule has 0 unspecified atom stereocenters. The first-order valence-electron chi connectivity index (χ1n) is 8.28. The molecule has 0 atom stereocenters. The lowest BCUT2D eigenvalue weighted by atomic mass is 10.2. The summed E-state index contributed by atoms with van der Waals surface area (Å²) in [4.78, 5) is 28.6. The van der Waals surface area contributed by atoms with Crippen LogP contribution in [0.2, 0.25) is 0 Å². The number of benzene rings is 1. The molecule has 0 spiro atoms. The third-order valence-corrected chi connectivity index (χ3v) is 4.12. The van der Waals surface area contributed by atoms with Crippen molar-refractivity contribution >= 4 is 28.5 Å². The van der Waals surface area contributed by atoms with Crippen LogP contribution in [0.3, 0.4) is 0 Å². The minimum atomic E-state index is -0.590. The molecule has 1 aliphatic heterocycles. The number of nitrogens with one attached hydrogen (secondary N) is 3. The maximum atomic E-state index is 13.6. The van der Waals surface area contributed by atoms with E-state index in [1.165, 1.54) is 18.2 Å². The summed E-state index contributed by atoms with van der Waals surface area (Å²) in [5, 5.41) is 3.19.